The Morgan fingerprint density at radius 3 is 2.47 bits per heavy atom. The highest BCUT2D eigenvalue weighted by atomic mass is 16.1. The second kappa shape index (κ2) is 7.10. The molecule has 0 aliphatic heterocycles. The highest BCUT2D eigenvalue weighted by molar-refractivity contribution is 5.84. The van der Waals surface area contributed by atoms with E-state index < -0.39 is 0 Å². The van der Waals surface area contributed by atoms with Gasteiger partial charge in [-0.2, -0.15) is 0 Å². The Hall–Kier alpha value is -1.25. The van der Waals surface area contributed by atoms with E-state index in [0.717, 1.165) is 0 Å². The summed E-state index contributed by atoms with van der Waals surface area (Å²) in [6.45, 7) is 14.0. The fourth-order valence-electron chi connectivity index (χ4n) is 1.27. The maximum Gasteiger partial charge on any atom is 0.155 e. The minimum atomic E-state index is -0.153. The summed E-state index contributed by atoms with van der Waals surface area (Å²) in [6.07, 6.45) is 2.30. The molecule has 1 unspecified atom stereocenters. The molecule has 0 aliphatic rings. The largest absolute Gasteiger partial charge is 0.369 e. The molecule has 0 fully saturated rings. The van der Waals surface area contributed by atoms with Crippen LogP contribution in [0.1, 0.15) is 27.2 Å². The summed E-state index contributed by atoms with van der Waals surface area (Å²) in [5.74, 6) is 1.15. The van der Waals surface area contributed by atoms with E-state index in [0.29, 0.717) is 18.8 Å². The van der Waals surface area contributed by atoms with Gasteiger partial charge in [-0.1, -0.05) is 33.4 Å². The van der Waals surface area contributed by atoms with Crippen LogP contribution in [-0.4, -0.2) is 18.4 Å². The molecule has 0 rings (SSSR count). The SMILES string of the molecule is C=CCNC(=C)NC(C(=O)CC)C(C)C. The van der Waals surface area contributed by atoms with Crippen molar-refractivity contribution >= 4 is 5.78 Å². The van der Waals surface area contributed by atoms with Crippen molar-refractivity contribution in [1.82, 2.24) is 10.6 Å². The van der Waals surface area contributed by atoms with E-state index in [2.05, 4.69) is 23.8 Å². The summed E-state index contributed by atoms with van der Waals surface area (Å²) in [7, 11) is 0. The molecule has 15 heavy (non-hydrogen) atoms. The lowest BCUT2D eigenvalue weighted by Gasteiger charge is -2.23. The molecule has 0 aromatic rings. The van der Waals surface area contributed by atoms with Crippen molar-refractivity contribution in [2.45, 2.75) is 33.2 Å². The van der Waals surface area contributed by atoms with Gasteiger partial charge < -0.3 is 10.6 Å². The minimum absolute atomic E-state index is 0.153. The van der Waals surface area contributed by atoms with Crippen LogP contribution in [0, 0.1) is 5.92 Å². The van der Waals surface area contributed by atoms with Crippen LogP contribution in [-0.2, 0) is 4.79 Å². The van der Waals surface area contributed by atoms with Gasteiger partial charge in [-0.25, -0.2) is 0 Å². The van der Waals surface area contributed by atoms with Crippen LogP contribution < -0.4 is 10.6 Å². The number of hydrogen-bond acceptors (Lipinski definition) is 3. The summed E-state index contributed by atoms with van der Waals surface area (Å²) in [5, 5.41) is 6.12. The van der Waals surface area contributed by atoms with Crippen molar-refractivity contribution in [3.63, 3.8) is 0 Å². The molecule has 0 heterocycles. The minimum Gasteiger partial charge on any atom is -0.369 e. The third-order valence-electron chi connectivity index (χ3n) is 2.15. The second-order valence-electron chi connectivity index (χ2n) is 3.83. The average Bonchev–Trinajstić information content (AvgIpc) is 2.21. The Morgan fingerprint density at radius 2 is 2.07 bits per heavy atom. The smallest absolute Gasteiger partial charge is 0.155 e. The van der Waals surface area contributed by atoms with Crippen molar-refractivity contribution in [3.8, 4) is 0 Å². The number of carbonyl (C=O) groups is 1. The number of carbonyl (C=O) groups excluding carboxylic acids is 1. The Morgan fingerprint density at radius 1 is 1.47 bits per heavy atom. The molecule has 0 amide bonds. The van der Waals surface area contributed by atoms with E-state index in [9.17, 15) is 4.79 Å². The van der Waals surface area contributed by atoms with Crippen molar-refractivity contribution in [2.24, 2.45) is 5.92 Å². The van der Waals surface area contributed by atoms with Gasteiger partial charge >= 0.3 is 0 Å². The average molecular weight is 210 g/mol. The van der Waals surface area contributed by atoms with Crippen LogP contribution in [0.5, 0.6) is 0 Å². The van der Waals surface area contributed by atoms with Crippen LogP contribution in [0.4, 0.5) is 0 Å². The fourth-order valence-corrected chi connectivity index (χ4v) is 1.27. The molecular formula is C12H22N2O. The first-order valence-corrected chi connectivity index (χ1v) is 5.35. The van der Waals surface area contributed by atoms with Gasteiger partial charge in [0.05, 0.1) is 11.9 Å². The molecule has 0 radical (unpaired) electrons. The van der Waals surface area contributed by atoms with Crippen LogP contribution in [0.2, 0.25) is 0 Å². The van der Waals surface area contributed by atoms with Crippen molar-refractivity contribution in [3.05, 3.63) is 25.1 Å². The Bertz CT molecular complexity index is 234. The molecule has 0 aliphatic carbocycles. The predicted molar refractivity (Wildman–Crippen MR) is 64.4 cm³/mol. The second-order valence-corrected chi connectivity index (χ2v) is 3.83. The highest BCUT2D eigenvalue weighted by Crippen LogP contribution is 2.06. The van der Waals surface area contributed by atoms with Crippen LogP contribution in [0.3, 0.4) is 0 Å². The first-order valence-electron chi connectivity index (χ1n) is 5.35. The molecular weight excluding hydrogens is 188 g/mol. The first kappa shape index (κ1) is 13.8. The molecule has 3 heteroatoms. The number of nitrogens with one attached hydrogen (secondary N) is 2. The number of rotatable bonds is 8. The zero-order valence-corrected chi connectivity index (χ0v) is 9.97. The molecule has 0 aromatic heterocycles. The first-order chi connectivity index (χ1) is 7.02. The van der Waals surface area contributed by atoms with Gasteiger partial charge in [0.25, 0.3) is 0 Å². The van der Waals surface area contributed by atoms with Gasteiger partial charge in [0.1, 0.15) is 0 Å². The van der Waals surface area contributed by atoms with E-state index in [-0.39, 0.29) is 17.7 Å². The molecule has 1 atom stereocenters. The third-order valence-corrected chi connectivity index (χ3v) is 2.15. The molecule has 0 saturated heterocycles. The zero-order valence-electron chi connectivity index (χ0n) is 9.97. The topological polar surface area (TPSA) is 41.1 Å². The molecule has 0 spiro atoms. The van der Waals surface area contributed by atoms with Crippen molar-refractivity contribution < 1.29 is 4.79 Å². The normalized spacial score (nSPS) is 12.0. The molecule has 0 saturated carbocycles. The lowest BCUT2D eigenvalue weighted by Crippen LogP contribution is -2.43. The van der Waals surface area contributed by atoms with Gasteiger partial charge in [0.2, 0.25) is 0 Å². The highest BCUT2D eigenvalue weighted by Gasteiger charge is 2.20. The van der Waals surface area contributed by atoms with Crippen molar-refractivity contribution in [1.29, 1.82) is 0 Å². The predicted octanol–water partition coefficient (Wildman–Crippen LogP) is 1.83. The summed E-state index contributed by atoms with van der Waals surface area (Å²) >= 11 is 0. The Labute approximate surface area is 92.6 Å². The number of Topliss-reactive ketones (excluding diaryl/α,β-unsaturated/α-hetero) is 1. The van der Waals surface area contributed by atoms with Gasteiger partial charge in [0, 0.05) is 13.0 Å². The van der Waals surface area contributed by atoms with E-state index in [1.807, 2.05) is 20.8 Å². The van der Waals surface area contributed by atoms with E-state index >= 15 is 0 Å². The van der Waals surface area contributed by atoms with Crippen LogP contribution in [0.25, 0.3) is 0 Å². The monoisotopic (exact) mass is 210 g/mol. The molecule has 86 valence electrons. The van der Waals surface area contributed by atoms with Crippen molar-refractivity contribution in [2.75, 3.05) is 6.54 Å². The Kier molecular flexibility index (Phi) is 6.50. The van der Waals surface area contributed by atoms with Gasteiger partial charge in [-0.15, -0.1) is 6.58 Å². The number of ketones is 1. The number of hydrogen-bond donors (Lipinski definition) is 2. The molecule has 0 aromatic carbocycles. The Balaban J connectivity index is 4.22. The summed E-state index contributed by atoms with van der Waals surface area (Å²) in [4.78, 5) is 11.6. The third kappa shape index (κ3) is 5.25. The van der Waals surface area contributed by atoms with Gasteiger partial charge in [0.15, 0.2) is 5.78 Å². The standard InChI is InChI=1S/C12H22N2O/c1-6-8-13-10(5)14-12(9(3)4)11(15)7-2/h6,9,12-14H,1,5,7-8H2,2-4H3. The molecule has 2 N–H and O–H groups in total. The lowest BCUT2D eigenvalue weighted by molar-refractivity contribution is -0.121. The van der Waals surface area contributed by atoms with Crippen LogP contribution >= 0.6 is 0 Å². The van der Waals surface area contributed by atoms with Gasteiger partial charge in [-0.3, -0.25) is 4.79 Å². The summed E-state index contributed by atoms with van der Waals surface area (Å²) in [6, 6.07) is -0.153. The fraction of sp³-hybridized carbons (Fsp3) is 0.583. The molecule has 0 bridgehead atoms. The van der Waals surface area contributed by atoms with E-state index in [1.165, 1.54) is 0 Å². The quantitative estimate of drug-likeness (QED) is 0.600. The van der Waals surface area contributed by atoms with Crippen LogP contribution in [0.15, 0.2) is 25.1 Å². The maximum absolute atomic E-state index is 11.6. The van der Waals surface area contributed by atoms with E-state index in [4.69, 9.17) is 0 Å². The summed E-state index contributed by atoms with van der Waals surface area (Å²) < 4.78 is 0. The maximum atomic E-state index is 11.6. The van der Waals surface area contributed by atoms with E-state index in [1.54, 1.807) is 6.08 Å². The zero-order chi connectivity index (χ0) is 11.8. The molecule has 3 nitrogen and oxygen atoms in total. The van der Waals surface area contributed by atoms with Gasteiger partial charge in [-0.05, 0) is 5.92 Å². The lowest BCUT2D eigenvalue weighted by atomic mass is 9.98. The summed E-state index contributed by atoms with van der Waals surface area (Å²) in [5.41, 5.74) is 0.